The Hall–Kier alpha value is -3.16. The summed E-state index contributed by atoms with van der Waals surface area (Å²) in [7, 11) is 0. The van der Waals surface area contributed by atoms with Crippen molar-refractivity contribution in [2.45, 2.75) is 51.7 Å². The van der Waals surface area contributed by atoms with E-state index in [0.717, 1.165) is 34.5 Å². The van der Waals surface area contributed by atoms with Crippen molar-refractivity contribution in [2.75, 3.05) is 11.9 Å². The summed E-state index contributed by atoms with van der Waals surface area (Å²) in [6.07, 6.45) is -3.11. The second kappa shape index (κ2) is 8.41. The van der Waals surface area contributed by atoms with E-state index in [1.54, 1.807) is 6.07 Å². The van der Waals surface area contributed by atoms with Crippen molar-refractivity contribution in [3.8, 4) is 0 Å². The molecule has 8 heteroatoms. The van der Waals surface area contributed by atoms with Crippen molar-refractivity contribution in [3.05, 3.63) is 64.3 Å². The van der Waals surface area contributed by atoms with E-state index < -0.39 is 17.8 Å². The normalized spacial score (nSPS) is 17.8. The van der Waals surface area contributed by atoms with Gasteiger partial charge in [-0.15, -0.1) is 5.10 Å². The van der Waals surface area contributed by atoms with Crippen LogP contribution in [0.5, 0.6) is 0 Å². The number of nitrogens with one attached hydrogen (secondary N) is 2. The zero-order chi connectivity index (χ0) is 23.0. The molecule has 0 radical (unpaired) electrons. The van der Waals surface area contributed by atoms with E-state index in [1.165, 1.54) is 13.0 Å². The van der Waals surface area contributed by atoms with Crippen LogP contribution in [0.15, 0.2) is 36.4 Å². The van der Waals surface area contributed by atoms with Crippen LogP contribution in [0.1, 0.15) is 59.7 Å². The number of hydrogen-bond acceptors (Lipinski definition) is 4. The standard InChI is InChI=1S/C24H25F3N4O/c1-13-18(5-4-6-21(13)24(25,26)27)14(2)29-23-20-11-16(17-9-10-28-22(32)12-17)7-8-19(20)15(3)30-31-23/h4-8,11,14,17H,9-10,12H2,1-3H3,(H,28,32)(H,29,31). The van der Waals surface area contributed by atoms with Gasteiger partial charge in [-0.25, -0.2) is 0 Å². The molecule has 5 nitrogen and oxygen atoms in total. The van der Waals surface area contributed by atoms with Crippen molar-refractivity contribution >= 4 is 22.5 Å². The lowest BCUT2D eigenvalue weighted by Gasteiger charge is -2.24. The van der Waals surface area contributed by atoms with Crippen LogP contribution in [0.25, 0.3) is 10.8 Å². The fourth-order valence-electron chi connectivity index (χ4n) is 4.45. The van der Waals surface area contributed by atoms with E-state index in [0.29, 0.717) is 24.3 Å². The molecule has 32 heavy (non-hydrogen) atoms. The number of nitrogens with zero attached hydrogens (tertiary/aromatic N) is 2. The van der Waals surface area contributed by atoms with Gasteiger partial charge in [0.05, 0.1) is 17.3 Å². The van der Waals surface area contributed by atoms with Gasteiger partial charge in [-0.1, -0.05) is 24.3 Å². The van der Waals surface area contributed by atoms with Crippen molar-refractivity contribution in [1.29, 1.82) is 0 Å². The molecule has 4 rings (SSSR count). The van der Waals surface area contributed by atoms with Gasteiger partial charge in [0, 0.05) is 23.7 Å². The molecule has 1 fully saturated rings. The molecule has 0 saturated carbocycles. The molecule has 1 aromatic heterocycles. The van der Waals surface area contributed by atoms with E-state index in [-0.39, 0.29) is 17.4 Å². The summed E-state index contributed by atoms with van der Waals surface area (Å²) >= 11 is 0. The van der Waals surface area contributed by atoms with Crippen LogP contribution in [-0.4, -0.2) is 22.6 Å². The number of amides is 1. The van der Waals surface area contributed by atoms with E-state index in [4.69, 9.17) is 0 Å². The van der Waals surface area contributed by atoms with Crippen molar-refractivity contribution in [3.63, 3.8) is 0 Å². The van der Waals surface area contributed by atoms with Gasteiger partial charge >= 0.3 is 6.18 Å². The fraction of sp³-hybridized carbons (Fsp3) is 0.375. The Kier molecular flexibility index (Phi) is 5.79. The average molecular weight is 442 g/mol. The minimum Gasteiger partial charge on any atom is -0.362 e. The van der Waals surface area contributed by atoms with Gasteiger partial charge in [0.2, 0.25) is 5.91 Å². The first-order valence-corrected chi connectivity index (χ1v) is 10.6. The van der Waals surface area contributed by atoms with Crippen LogP contribution < -0.4 is 10.6 Å². The molecule has 2 atom stereocenters. The Labute approximate surface area is 184 Å². The zero-order valence-electron chi connectivity index (χ0n) is 18.2. The van der Waals surface area contributed by atoms with E-state index in [2.05, 4.69) is 20.8 Å². The molecule has 1 aliphatic rings. The molecule has 1 saturated heterocycles. The second-order valence-electron chi connectivity index (χ2n) is 8.36. The molecule has 0 bridgehead atoms. The SMILES string of the molecule is Cc1c(C(C)Nc2nnc(C)c3ccc(C4CCNC(=O)C4)cc23)cccc1C(F)(F)F. The summed E-state index contributed by atoms with van der Waals surface area (Å²) < 4.78 is 40.0. The van der Waals surface area contributed by atoms with Crippen LogP contribution in [0.4, 0.5) is 19.0 Å². The molecule has 1 aliphatic heterocycles. The number of halogens is 3. The van der Waals surface area contributed by atoms with Crippen LogP contribution >= 0.6 is 0 Å². The number of piperidine rings is 1. The molecule has 0 spiro atoms. The van der Waals surface area contributed by atoms with Crippen molar-refractivity contribution < 1.29 is 18.0 Å². The Bertz CT molecular complexity index is 1180. The number of carbonyl (C=O) groups is 1. The Balaban J connectivity index is 1.71. The highest BCUT2D eigenvalue weighted by atomic mass is 19.4. The van der Waals surface area contributed by atoms with Crippen molar-refractivity contribution in [2.24, 2.45) is 0 Å². The number of fused-ring (bicyclic) bond motifs is 1. The molecule has 2 aromatic carbocycles. The average Bonchev–Trinajstić information content (AvgIpc) is 2.74. The highest BCUT2D eigenvalue weighted by Gasteiger charge is 2.33. The van der Waals surface area contributed by atoms with Gasteiger partial charge in [0.25, 0.3) is 0 Å². The largest absolute Gasteiger partial charge is 0.416 e. The Morgan fingerprint density at radius 1 is 1.12 bits per heavy atom. The number of aromatic nitrogens is 2. The Morgan fingerprint density at radius 2 is 1.91 bits per heavy atom. The number of benzene rings is 2. The van der Waals surface area contributed by atoms with Gasteiger partial charge in [-0.3, -0.25) is 4.79 Å². The predicted octanol–water partition coefficient (Wildman–Crippen LogP) is 5.43. The highest BCUT2D eigenvalue weighted by Crippen LogP contribution is 2.36. The van der Waals surface area contributed by atoms with Gasteiger partial charge in [-0.2, -0.15) is 18.3 Å². The third-order valence-corrected chi connectivity index (χ3v) is 6.21. The van der Waals surface area contributed by atoms with E-state index in [9.17, 15) is 18.0 Å². The van der Waals surface area contributed by atoms with Crippen LogP contribution in [0, 0.1) is 13.8 Å². The van der Waals surface area contributed by atoms with Gasteiger partial charge in [0.1, 0.15) is 0 Å². The molecular weight excluding hydrogens is 417 g/mol. The molecule has 1 amide bonds. The van der Waals surface area contributed by atoms with Gasteiger partial charge in [-0.05, 0) is 61.9 Å². The quantitative estimate of drug-likeness (QED) is 0.565. The minimum atomic E-state index is -4.41. The van der Waals surface area contributed by atoms with E-state index in [1.807, 2.05) is 32.0 Å². The van der Waals surface area contributed by atoms with Crippen molar-refractivity contribution in [1.82, 2.24) is 15.5 Å². The van der Waals surface area contributed by atoms with Crippen LogP contribution in [0.3, 0.4) is 0 Å². The maximum atomic E-state index is 13.3. The number of aryl methyl sites for hydroxylation is 1. The summed E-state index contributed by atoms with van der Waals surface area (Å²) in [6.45, 7) is 5.81. The smallest absolute Gasteiger partial charge is 0.362 e. The molecule has 2 heterocycles. The summed E-state index contributed by atoms with van der Waals surface area (Å²) in [5, 5.41) is 16.4. The second-order valence-corrected chi connectivity index (χ2v) is 8.36. The first kappa shape index (κ1) is 22.0. The Morgan fingerprint density at radius 3 is 2.62 bits per heavy atom. The molecule has 0 aliphatic carbocycles. The fourth-order valence-corrected chi connectivity index (χ4v) is 4.45. The number of anilines is 1. The molecule has 2 N–H and O–H groups in total. The topological polar surface area (TPSA) is 66.9 Å². The maximum Gasteiger partial charge on any atom is 0.416 e. The minimum absolute atomic E-state index is 0.0392. The molecule has 2 unspecified atom stereocenters. The predicted molar refractivity (Wildman–Crippen MR) is 117 cm³/mol. The lowest BCUT2D eigenvalue weighted by Crippen LogP contribution is -2.32. The maximum absolute atomic E-state index is 13.3. The summed E-state index contributed by atoms with van der Waals surface area (Å²) in [4.78, 5) is 11.8. The van der Waals surface area contributed by atoms with Crippen LogP contribution in [0.2, 0.25) is 0 Å². The lowest BCUT2D eigenvalue weighted by molar-refractivity contribution is -0.138. The third kappa shape index (κ3) is 4.26. The molecular formula is C24H25F3N4O. The van der Waals surface area contributed by atoms with Crippen LogP contribution in [-0.2, 0) is 11.0 Å². The molecule has 168 valence electrons. The van der Waals surface area contributed by atoms with Gasteiger partial charge < -0.3 is 10.6 Å². The van der Waals surface area contributed by atoms with Gasteiger partial charge in [0.15, 0.2) is 5.82 Å². The summed E-state index contributed by atoms with van der Waals surface area (Å²) in [5.41, 5.74) is 1.92. The number of rotatable bonds is 4. The summed E-state index contributed by atoms with van der Waals surface area (Å²) in [6, 6.07) is 9.82. The first-order valence-electron chi connectivity index (χ1n) is 10.6. The van der Waals surface area contributed by atoms with E-state index >= 15 is 0 Å². The summed E-state index contributed by atoms with van der Waals surface area (Å²) in [5.74, 6) is 0.673. The third-order valence-electron chi connectivity index (χ3n) is 6.21. The highest BCUT2D eigenvalue weighted by molar-refractivity contribution is 5.93. The number of hydrogen-bond donors (Lipinski definition) is 2. The lowest BCUT2D eigenvalue weighted by atomic mass is 9.88. The zero-order valence-corrected chi connectivity index (χ0v) is 18.2. The number of alkyl halides is 3. The first-order chi connectivity index (χ1) is 15.1. The molecule has 3 aromatic rings. The number of carbonyl (C=O) groups excluding carboxylic acids is 1. The monoisotopic (exact) mass is 442 g/mol.